The van der Waals surface area contributed by atoms with E-state index in [4.69, 9.17) is 0 Å². The Balaban J connectivity index is 1.91. The molecule has 0 radical (unpaired) electrons. The molecule has 1 aliphatic carbocycles. The maximum absolute atomic E-state index is 13.0. The van der Waals surface area contributed by atoms with Crippen LogP contribution in [-0.2, 0) is 12.4 Å². The Morgan fingerprint density at radius 3 is 2.19 bits per heavy atom. The summed E-state index contributed by atoms with van der Waals surface area (Å²) in [4.78, 5) is 7.41. The lowest BCUT2D eigenvalue weighted by molar-refractivity contribution is -0.141. The van der Waals surface area contributed by atoms with E-state index in [1.54, 1.807) is 0 Å². The first-order valence-electron chi connectivity index (χ1n) is 7.39. The third kappa shape index (κ3) is 4.57. The topological polar surface area (TPSA) is 49.8 Å². The fraction of sp³-hybridized carbons (Fsp3) is 0.333. The highest BCUT2D eigenvalue weighted by molar-refractivity contribution is 9.10. The first-order valence-corrected chi connectivity index (χ1v) is 8.18. The van der Waals surface area contributed by atoms with E-state index in [1.807, 2.05) is 0 Å². The molecule has 1 saturated carbocycles. The van der Waals surface area contributed by atoms with Gasteiger partial charge in [0.2, 0.25) is 5.95 Å². The molecular formula is C15H11BrF6N4. The minimum atomic E-state index is -4.68. The van der Waals surface area contributed by atoms with Crippen LogP contribution in [0.4, 0.5) is 43.8 Å². The van der Waals surface area contributed by atoms with Crippen LogP contribution in [0.3, 0.4) is 0 Å². The second-order valence-corrected chi connectivity index (χ2v) is 6.55. The van der Waals surface area contributed by atoms with Gasteiger partial charge >= 0.3 is 12.4 Å². The Kier molecular flexibility index (Phi) is 4.76. The molecule has 0 saturated heterocycles. The number of hydrogen-bond donors (Lipinski definition) is 2. The van der Waals surface area contributed by atoms with Gasteiger partial charge in [0.1, 0.15) is 5.82 Å². The van der Waals surface area contributed by atoms with Gasteiger partial charge in [-0.15, -0.1) is 0 Å². The van der Waals surface area contributed by atoms with Crippen LogP contribution in [0.15, 0.2) is 28.7 Å². The smallest absolute Gasteiger partial charge is 0.351 e. The van der Waals surface area contributed by atoms with Gasteiger partial charge in [0.05, 0.1) is 11.3 Å². The van der Waals surface area contributed by atoms with Crippen molar-refractivity contribution in [2.24, 2.45) is 0 Å². The molecule has 0 atom stereocenters. The van der Waals surface area contributed by atoms with E-state index in [0.29, 0.717) is 6.07 Å². The van der Waals surface area contributed by atoms with Crippen LogP contribution in [0.2, 0.25) is 0 Å². The minimum Gasteiger partial charge on any atom is -0.351 e. The second kappa shape index (κ2) is 6.60. The molecule has 1 heterocycles. The van der Waals surface area contributed by atoms with Crippen molar-refractivity contribution in [3.8, 4) is 0 Å². The van der Waals surface area contributed by atoms with Crippen LogP contribution < -0.4 is 10.6 Å². The molecule has 0 unspecified atom stereocenters. The first kappa shape index (κ1) is 18.7. The largest absolute Gasteiger partial charge is 0.433 e. The summed E-state index contributed by atoms with van der Waals surface area (Å²) in [7, 11) is 0. The molecule has 0 aliphatic heterocycles. The van der Waals surface area contributed by atoms with Crippen molar-refractivity contribution >= 4 is 33.4 Å². The summed E-state index contributed by atoms with van der Waals surface area (Å²) in [6, 6.07) is 3.49. The van der Waals surface area contributed by atoms with Gasteiger partial charge in [-0.05, 0) is 47.0 Å². The van der Waals surface area contributed by atoms with Gasteiger partial charge in [-0.1, -0.05) is 0 Å². The summed E-state index contributed by atoms with van der Waals surface area (Å²) in [5.41, 5.74) is -1.90. The summed E-state index contributed by atoms with van der Waals surface area (Å²) < 4.78 is 77.2. The Labute approximate surface area is 152 Å². The molecule has 11 heteroatoms. The molecule has 3 rings (SSSR count). The zero-order valence-electron chi connectivity index (χ0n) is 12.8. The molecular weight excluding hydrogens is 430 g/mol. The molecule has 2 N–H and O–H groups in total. The van der Waals surface area contributed by atoms with Crippen molar-refractivity contribution in [2.75, 3.05) is 10.6 Å². The number of nitrogens with zero attached hydrogens (tertiary/aromatic N) is 2. The highest BCUT2D eigenvalue weighted by Gasteiger charge is 2.35. The van der Waals surface area contributed by atoms with Crippen LogP contribution in [0.25, 0.3) is 0 Å². The van der Waals surface area contributed by atoms with Crippen molar-refractivity contribution < 1.29 is 26.3 Å². The van der Waals surface area contributed by atoms with E-state index in [0.717, 1.165) is 31.0 Å². The zero-order valence-corrected chi connectivity index (χ0v) is 14.4. The number of aromatic nitrogens is 2. The SMILES string of the molecule is FC(F)(F)c1ccc(Nc2cc(C(F)(F)F)nc(NC3CC3)n2)c(Br)c1. The third-order valence-corrected chi connectivity index (χ3v) is 4.14. The Morgan fingerprint density at radius 2 is 1.65 bits per heavy atom. The predicted molar refractivity (Wildman–Crippen MR) is 86.1 cm³/mol. The minimum absolute atomic E-state index is 0.0316. The zero-order chi connectivity index (χ0) is 19.1. The van der Waals surface area contributed by atoms with Crippen molar-refractivity contribution in [1.29, 1.82) is 0 Å². The van der Waals surface area contributed by atoms with Crippen LogP contribution >= 0.6 is 15.9 Å². The van der Waals surface area contributed by atoms with E-state index in [9.17, 15) is 26.3 Å². The highest BCUT2D eigenvalue weighted by atomic mass is 79.9. The average Bonchev–Trinajstić information content (AvgIpc) is 3.31. The number of halogens is 7. The van der Waals surface area contributed by atoms with Gasteiger partial charge in [-0.25, -0.2) is 4.98 Å². The number of nitrogens with one attached hydrogen (secondary N) is 2. The van der Waals surface area contributed by atoms with Gasteiger partial charge in [0.15, 0.2) is 5.69 Å². The van der Waals surface area contributed by atoms with Crippen molar-refractivity contribution in [3.05, 3.63) is 40.0 Å². The molecule has 1 aliphatic rings. The number of rotatable bonds is 4. The average molecular weight is 441 g/mol. The monoisotopic (exact) mass is 440 g/mol. The maximum Gasteiger partial charge on any atom is 0.433 e. The standard InChI is InChI=1S/C15H11BrF6N4/c16-9-5-7(14(17,18)19)1-4-10(9)24-12-6-11(15(20,21)22)25-13(26-12)23-8-2-3-8/h1,4-6,8H,2-3H2,(H2,23,24,25,26). The molecule has 2 aromatic rings. The van der Waals surface area contributed by atoms with Crippen molar-refractivity contribution in [3.63, 3.8) is 0 Å². The van der Waals surface area contributed by atoms with Gasteiger partial charge in [-0.2, -0.15) is 31.3 Å². The van der Waals surface area contributed by atoms with E-state index in [1.165, 1.54) is 0 Å². The second-order valence-electron chi connectivity index (χ2n) is 5.70. The lowest BCUT2D eigenvalue weighted by atomic mass is 10.2. The molecule has 1 aromatic carbocycles. The Morgan fingerprint density at radius 1 is 0.962 bits per heavy atom. The van der Waals surface area contributed by atoms with Crippen LogP contribution in [0.1, 0.15) is 24.1 Å². The Bertz CT molecular complexity index is 817. The van der Waals surface area contributed by atoms with Gasteiger partial charge in [0, 0.05) is 16.6 Å². The quantitative estimate of drug-likeness (QED) is 0.608. The fourth-order valence-corrected chi connectivity index (χ4v) is 2.54. The van der Waals surface area contributed by atoms with Crippen LogP contribution in [0, 0.1) is 0 Å². The highest BCUT2D eigenvalue weighted by Crippen LogP contribution is 2.36. The predicted octanol–water partition coefficient (Wildman–Crippen LogP) is 5.59. The summed E-state index contributed by atoms with van der Waals surface area (Å²) in [5, 5.41) is 5.37. The number of anilines is 3. The first-order chi connectivity index (χ1) is 12.0. The van der Waals surface area contributed by atoms with Gasteiger partial charge in [-0.3, -0.25) is 0 Å². The molecule has 1 aromatic heterocycles. The molecule has 0 spiro atoms. The van der Waals surface area contributed by atoms with E-state index >= 15 is 0 Å². The third-order valence-electron chi connectivity index (χ3n) is 3.49. The summed E-state index contributed by atoms with van der Waals surface area (Å²) in [6.45, 7) is 0. The van der Waals surface area contributed by atoms with Crippen molar-refractivity contribution in [1.82, 2.24) is 9.97 Å². The van der Waals surface area contributed by atoms with Gasteiger partial charge in [0.25, 0.3) is 0 Å². The summed E-state index contributed by atoms with van der Waals surface area (Å²) in [6.07, 6.45) is -7.59. The Hall–Kier alpha value is -2.04. The summed E-state index contributed by atoms with van der Waals surface area (Å²) in [5.74, 6) is -0.371. The number of hydrogen-bond acceptors (Lipinski definition) is 4. The normalized spacial score (nSPS) is 15.0. The van der Waals surface area contributed by atoms with E-state index in [2.05, 4.69) is 36.5 Å². The lowest BCUT2D eigenvalue weighted by Gasteiger charge is -2.14. The lowest BCUT2D eigenvalue weighted by Crippen LogP contribution is -2.14. The number of benzene rings is 1. The molecule has 1 fully saturated rings. The van der Waals surface area contributed by atoms with Crippen molar-refractivity contribution in [2.45, 2.75) is 31.2 Å². The fourth-order valence-electron chi connectivity index (χ4n) is 2.06. The number of alkyl halides is 6. The van der Waals surface area contributed by atoms with E-state index in [-0.39, 0.29) is 28.0 Å². The maximum atomic E-state index is 13.0. The molecule has 4 nitrogen and oxygen atoms in total. The molecule has 26 heavy (non-hydrogen) atoms. The van der Waals surface area contributed by atoms with Crippen LogP contribution in [0.5, 0.6) is 0 Å². The molecule has 0 amide bonds. The van der Waals surface area contributed by atoms with E-state index < -0.39 is 23.6 Å². The molecule has 0 bridgehead atoms. The summed E-state index contributed by atoms with van der Waals surface area (Å²) >= 11 is 2.98. The van der Waals surface area contributed by atoms with Gasteiger partial charge < -0.3 is 10.6 Å². The van der Waals surface area contributed by atoms with Crippen LogP contribution in [-0.4, -0.2) is 16.0 Å². The molecule has 140 valence electrons.